The zero-order chi connectivity index (χ0) is 22.0. The maximum Gasteiger partial charge on any atom is 0.262 e. The van der Waals surface area contributed by atoms with Gasteiger partial charge in [0.15, 0.2) is 0 Å². The summed E-state index contributed by atoms with van der Waals surface area (Å²) >= 11 is 1.67. The molecule has 31 heavy (non-hydrogen) atoms. The van der Waals surface area contributed by atoms with E-state index in [2.05, 4.69) is 22.0 Å². The third-order valence-corrected chi connectivity index (χ3v) is 6.65. The highest BCUT2D eigenvalue weighted by molar-refractivity contribution is 7.10. The number of piperidine rings is 1. The summed E-state index contributed by atoms with van der Waals surface area (Å²) in [4.78, 5) is 52.1. The van der Waals surface area contributed by atoms with Crippen molar-refractivity contribution in [3.63, 3.8) is 0 Å². The average molecular weight is 441 g/mol. The van der Waals surface area contributed by atoms with Crippen LogP contribution in [0.3, 0.4) is 0 Å². The Morgan fingerprint density at radius 3 is 2.71 bits per heavy atom. The van der Waals surface area contributed by atoms with Crippen LogP contribution in [0.15, 0.2) is 35.7 Å². The number of rotatable bonds is 8. The van der Waals surface area contributed by atoms with Crippen LogP contribution < -0.4 is 16.0 Å². The minimum Gasteiger partial charge on any atom is -0.320 e. The highest BCUT2D eigenvalue weighted by Gasteiger charge is 2.45. The minimum absolute atomic E-state index is 0.103. The van der Waals surface area contributed by atoms with E-state index in [1.807, 2.05) is 24.6 Å². The molecule has 1 unspecified atom stereocenters. The van der Waals surface area contributed by atoms with Crippen LogP contribution in [-0.2, 0) is 16.1 Å². The third-order valence-electron chi connectivity index (χ3n) is 5.66. The highest BCUT2D eigenvalue weighted by atomic mass is 32.1. The van der Waals surface area contributed by atoms with Crippen LogP contribution in [-0.4, -0.2) is 48.2 Å². The van der Waals surface area contributed by atoms with Crippen LogP contribution in [0.4, 0.5) is 0 Å². The quantitative estimate of drug-likeness (QED) is 0.538. The molecular formula is C22H24N4O4S. The monoisotopic (exact) mass is 440 g/mol. The predicted molar refractivity (Wildman–Crippen MR) is 116 cm³/mol. The van der Waals surface area contributed by atoms with Gasteiger partial charge in [-0.3, -0.25) is 29.4 Å². The summed E-state index contributed by atoms with van der Waals surface area (Å²) in [5, 5.41) is 10.9. The van der Waals surface area contributed by atoms with Crippen LogP contribution in [0.5, 0.6) is 0 Å². The topological polar surface area (TPSA) is 108 Å². The Hall–Kier alpha value is -2.88. The lowest BCUT2D eigenvalue weighted by Crippen LogP contribution is -2.54. The normalized spacial score (nSPS) is 19.5. The van der Waals surface area contributed by atoms with Crippen LogP contribution in [0, 0.1) is 0 Å². The summed E-state index contributed by atoms with van der Waals surface area (Å²) in [6, 6.07) is 8.43. The molecule has 1 aromatic carbocycles. The molecular weight excluding hydrogens is 416 g/mol. The summed E-state index contributed by atoms with van der Waals surface area (Å²) in [6.45, 7) is 1.25. The Morgan fingerprint density at radius 2 is 2.00 bits per heavy atom. The fourth-order valence-electron chi connectivity index (χ4n) is 4.09. The van der Waals surface area contributed by atoms with Crippen molar-refractivity contribution in [2.45, 2.75) is 37.9 Å². The molecule has 3 N–H and O–H groups in total. The van der Waals surface area contributed by atoms with Crippen molar-refractivity contribution in [3.8, 4) is 0 Å². The number of carbonyl (C=O) groups is 4. The number of fused-ring (bicyclic) bond motifs is 1. The summed E-state index contributed by atoms with van der Waals surface area (Å²) in [5.41, 5.74) is 1.36. The molecule has 8 nitrogen and oxygen atoms in total. The Kier molecular flexibility index (Phi) is 6.26. The number of hydrogen-bond donors (Lipinski definition) is 3. The highest BCUT2D eigenvalue weighted by Crippen LogP contribution is 2.30. The molecule has 0 aliphatic carbocycles. The van der Waals surface area contributed by atoms with Crippen molar-refractivity contribution in [2.24, 2.45) is 0 Å². The molecule has 2 atom stereocenters. The SMILES string of the molecule is CNCC[C@@H](NCc1cccc2c1C(=O)N(C1CCC(=O)NC1=O)C2=O)c1cccs1. The molecule has 3 heterocycles. The van der Waals surface area contributed by atoms with Gasteiger partial charge in [0.05, 0.1) is 11.1 Å². The van der Waals surface area contributed by atoms with Crippen molar-refractivity contribution in [2.75, 3.05) is 13.6 Å². The molecule has 0 saturated carbocycles. The van der Waals surface area contributed by atoms with Crippen LogP contribution in [0.25, 0.3) is 0 Å². The molecule has 0 bridgehead atoms. The fourth-order valence-corrected chi connectivity index (χ4v) is 4.93. The van der Waals surface area contributed by atoms with Gasteiger partial charge in [-0.2, -0.15) is 0 Å². The molecule has 1 fully saturated rings. The van der Waals surface area contributed by atoms with E-state index in [9.17, 15) is 19.2 Å². The second-order valence-electron chi connectivity index (χ2n) is 7.63. The van der Waals surface area contributed by atoms with Crippen molar-refractivity contribution >= 4 is 35.0 Å². The van der Waals surface area contributed by atoms with Gasteiger partial charge >= 0.3 is 0 Å². The first kappa shape index (κ1) is 21.4. The number of nitrogens with zero attached hydrogens (tertiary/aromatic N) is 1. The van der Waals surface area contributed by atoms with E-state index in [1.54, 1.807) is 23.5 Å². The molecule has 9 heteroatoms. The number of hydrogen-bond acceptors (Lipinski definition) is 7. The molecule has 162 valence electrons. The van der Waals surface area contributed by atoms with Gasteiger partial charge < -0.3 is 10.6 Å². The van der Waals surface area contributed by atoms with Crippen molar-refractivity contribution in [1.82, 2.24) is 20.9 Å². The van der Waals surface area contributed by atoms with Crippen LogP contribution >= 0.6 is 11.3 Å². The van der Waals surface area contributed by atoms with E-state index < -0.39 is 23.8 Å². The van der Waals surface area contributed by atoms with Gasteiger partial charge in [0.1, 0.15) is 6.04 Å². The summed E-state index contributed by atoms with van der Waals surface area (Å²) in [6.07, 6.45) is 1.13. The number of nitrogens with one attached hydrogen (secondary N) is 3. The molecule has 2 aliphatic heterocycles. The lowest BCUT2D eigenvalue weighted by Gasteiger charge is -2.27. The Balaban J connectivity index is 1.56. The van der Waals surface area contributed by atoms with E-state index in [1.165, 1.54) is 4.88 Å². The maximum absolute atomic E-state index is 13.2. The lowest BCUT2D eigenvalue weighted by atomic mass is 10.0. The fraction of sp³-hybridized carbons (Fsp3) is 0.364. The predicted octanol–water partition coefficient (Wildman–Crippen LogP) is 1.59. The molecule has 0 radical (unpaired) electrons. The van der Waals surface area contributed by atoms with Gasteiger partial charge in [-0.05, 0) is 49.5 Å². The van der Waals surface area contributed by atoms with Crippen molar-refractivity contribution in [1.29, 1.82) is 0 Å². The average Bonchev–Trinajstić information content (AvgIpc) is 3.37. The standard InChI is InChI=1S/C22H24N4O4S/c1-23-10-9-15(17-6-3-11-31-17)24-12-13-4-2-5-14-19(13)22(30)26(21(14)29)16-7-8-18(27)25-20(16)28/h2-6,11,15-16,23-24H,7-10,12H2,1H3,(H,25,27,28)/t15-,16?/m1/s1. The molecule has 4 amide bonds. The van der Waals surface area contributed by atoms with E-state index in [-0.39, 0.29) is 24.8 Å². The maximum atomic E-state index is 13.2. The van der Waals surface area contributed by atoms with Gasteiger partial charge in [-0.25, -0.2) is 0 Å². The largest absolute Gasteiger partial charge is 0.320 e. The molecule has 2 aliphatic rings. The number of benzene rings is 1. The summed E-state index contributed by atoms with van der Waals surface area (Å²) in [7, 11) is 1.91. The first-order valence-electron chi connectivity index (χ1n) is 10.3. The number of thiophene rings is 1. The zero-order valence-electron chi connectivity index (χ0n) is 17.1. The first-order chi connectivity index (χ1) is 15.0. The Bertz CT molecular complexity index is 1020. The van der Waals surface area contributed by atoms with Gasteiger partial charge in [-0.1, -0.05) is 18.2 Å². The van der Waals surface area contributed by atoms with E-state index >= 15 is 0 Å². The second-order valence-corrected chi connectivity index (χ2v) is 8.61. The zero-order valence-corrected chi connectivity index (χ0v) is 18.0. The first-order valence-corrected chi connectivity index (χ1v) is 11.1. The van der Waals surface area contributed by atoms with Crippen molar-refractivity contribution < 1.29 is 19.2 Å². The van der Waals surface area contributed by atoms with Gasteiger partial charge in [0.25, 0.3) is 11.8 Å². The third kappa shape index (κ3) is 4.16. The van der Waals surface area contributed by atoms with Gasteiger partial charge in [-0.15, -0.1) is 11.3 Å². The Morgan fingerprint density at radius 1 is 1.16 bits per heavy atom. The van der Waals surface area contributed by atoms with E-state index in [0.717, 1.165) is 23.4 Å². The number of amides is 4. The molecule has 2 aromatic rings. The van der Waals surface area contributed by atoms with Gasteiger partial charge in [0, 0.05) is 23.9 Å². The lowest BCUT2D eigenvalue weighted by molar-refractivity contribution is -0.136. The Labute approximate surface area is 184 Å². The van der Waals surface area contributed by atoms with E-state index in [4.69, 9.17) is 0 Å². The van der Waals surface area contributed by atoms with E-state index in [0.29, 0.717) is 17.7 Å². The smallest absolute Gasteiger partial charge is 0.262 e. The molecule has 1 saturated heterocycles. The number of imide groups is 2. The number of carbonyl (C=O) groups excluding carboxylic acids is 4. The van der Waals surface area contributed by atoms with Crippen molar-refractivity contribution in [3.05, 3.63) is 57.3 Å². The molecule has 1 aromatic heterocycles. The van der Waals surface area contributed by atoms with Crippen LogP contribution in [0.1, 0.15) is 56.5 Å². The summed E-state index contributed by atoms with van der Waals surface area (Å²) < 4.78 is 0. The molecule has 4 rings (SSSR count). The van der Waals surface area contributed by atoms with Gasteiger partial charge in [0.2, 0.25) is 11.8 Å². The minimum atomic E-state index is -0.958. The molecule has 0 spiro atoms. The summed E-state index contributed by atoms with van der Waals surface area (Å²) in [5.74, 6) is -1.95. The second kappa shape index (κ2) is 9.09. The van der Waals surface area contributed by atoms with Crippen LogP contribution in [0.2, 0.25) is 0 Å².